The lowest BCUT2D eigenvalue weighted by molar-refractivity contribution is 0.337. The molecule has 0 saturated carbocycles. The van der Waals surface area contributed by atoms with E-state index in [1.807, 2.05) is 18.2 Å². The van der Waals surface area contributed by atoms with Crippen LogP contribution in [0.5, 0.6) is 0 Å². The van der Waals surface area contributed by atoms with E-state index >= 15 is 0 Å². The van der Waals surface area contributed by atoms with Crippen molar-refractivity contribution < 1.29 is 5.11 Å². The van der Waals surface area contributed by atoms with Crippen molar-refractivity contribution in [2.24, 2.45) is 0 Å². The van der Waals surface area contributed by atoms with Gasteiger partial charge in [-0.25, -0.2) is 0 Å². The van der Waals surface area contributed by atoms with Crippen molar-refractivity contribution in [2.45, 2.75) is 6.54 Å². The largest absolute Gasteiger partial charge is 0.392 e. The van der Waals surface area contributed by atoms with Crippen LogP contribution in [-0.2, 0) is 6.54 Å². The van der Waals surface area contributed by atoms with E-state index in [0.29, 0.717) is 12.1 Å². The number of rotatable bonds is 5. The van der Waals surface area contributed by atoms with Gasteiger partial charge in [-0.15, -0.1) is 0 Å². The number of pyridine rings is 1. The summed E-state index contributed by atoms with van der Waals surface area (Å²) >= 11 is 0. The van der Waals surface area contributed by atoms with Crippen LogP contribution in [0.25, 0.3) is 0 Å². The molecule has 1 rings (SSSR count). The summed E-state index contributed by atoms with van der Waals surface area (Å²) in [6.07, 6.45) is 4.46. The first-order chi connectivity index (χ1) is 6.86. The Morgan fingerprint density at radius 3 is 3.00 bits per heavy atom. The first kappa shape index (κ1) is 10.4. The Morgan fingerprint density at radius 1 is 1.57 bits per heavy atom. The van der Waals surface area contributed by atoms with Crippen LogP contribution < -0.4 is 5.32 Å². The molecule has 4 heteroatoms. The Labute approximate surface area is 82.8 Å². The number of hydrogen-bond acceptors (Lipinski definition) is 4. The monoisotopic (exact) mass is 191 g/mol. The summed E-state index contributed by atoms with van der Waals surface area (Å²) in [5, 5.41) is 18.6. The number of nitrogens with one attached hydrogen (secondary N) is 2. The van der Waals surface area contributed by atoms with E-state index in [2.05, 4.69) is 10.3 Å². The molecule has 1 heterocycles. The van der Waals surface area contributed by atoms with Gasteiger partial charge in [0.05, 0.1) is 18.8 Å². The van der Waals surface area contributed by atoms with E-state index < -0.39 is 0 Å². The van der Waals surface area contributed by atoms with Gasteiger partial charge in [-0.2, -0.15) is 0 Å². The molecule has 0 saturated heterocycles. The molecule has 0 bridgehead atoms. The van der Waals surface area contributed by atoms with E-state index in [0.717, 1.165) is 11.9 Å². The standard InChI is InChI=1S/C10H13N3O/c11-5-9(8-14)6-12-7-10-3-1-2-4-13-10/h1-6,11-12,14H,7-8H2/b9-6+,11-5?. The summed E-state index contributed by atoms with van der Waals surface area (Å²) in [5.41, 5.74) is 1.46. The molecule has 0 aliphatic carbocycles. The lowest BCUT2D eigenvalue weighted by atomic mass is 10.3. The van der Waals surface area contributed by atoms with Gasteiger partial charge in [0.2, 0.25) is 0 Å². The lowest BCUT2D eigenvalue weighted by Gasteiger charge is -2.01. The number of aliphatic hydroxyl groups excluding tert-OH is 1. The topological polar surface area (TPSA) is 69.0 Å². The van der Waals surface area contributed by atoms with Gasteiger partial charge < -0.3 is 15.8 Å². The van der Waals surface area contributed by atoms with E-state index in [9.17, 15) is 0 Å². The third kappa shape index (κ3) is 3.37. The maximum atomic E-state index is 8.75. The van der Waals surface area contributed by atoms with E-state index in [-0.39, 0.29) is 6.61 Å². The molecule has 0 aliphatic rings. The zero-order valence-electron chi connectivity index (χ0n) is 7.77. The average molecular weight is 191 g/mol. The predicted molar refractivity (Wildman–Crippen MR) is 55.0 cm³/mol. The highest BCUT2D eigenvalue weighted by molar-refractivity contribution is 5.75. The molecule has 1 aromatic rings. The maximum absolute atomic E-state index is 8.75. The Hall–Kier alpha value is -1.68. The number of aliphatic hydroxyl groups is 1. The summed E-state index contributed by atoms with van der Waals surface area (Å²) in [4.78, 5) is 4.12. The van der Waals surface area contributed by atoms with Crippen LogP contribution in [-0.4, -0.2) is 22.9 Å². The highest BCUT2D eigenvalue weighted by Crippen LogP contribution is 1.92. The van der Waals surface area contributed by atoms with Gasteiger partial charge in [-0.1, -0.05) is 6.07 Å². The molecule has 0 aliphatic heterocycles. The molecule has 1 aromatic heterocycles. The number of hydrogen-bond donors (Lipinski definition) is 3. The molecule has 0 fully saturated rings. The minimum absolute atomic E-state index is 0.126. The third-order valence-corrected chi connectivity index (χ3v) is 1.66. The van der Waals surface area contributed by atoms with Gasteiger partial charge in [-0.05, 0) is 12.1 Å². The molecule has 4 nitrogen and oxygen atoms in total. The van der Waals surface area contributed by atoms with Crippen molar-refractivity contribution in [1.29, 1.82) is 5.41 Å². The molecule has 0 atom stereocenters. The summed E-state index contributed by atoms with van der Waals surface area (Å²) in [5.74, 6) is 0. The fourth-order valence-corrected chi connectivity index (χ4v) is 0.922. The Kier molecular flexibility index (Phi) is 4.37. The predicted octanol–water partition coefficient (Wildman–Crippen LogP) is 0.697. The summed E-state index contributed by atoms with van der Waals surface area (Å²) in [6.45, 7) is 0.469. The van der Waals surface area contributed by atoms with Crippen LogP contribution in [0.2, 0.25) is 0 Å². The smallest absolute Gasteiger partial charge is 0.0710 e. The van der Waals surface area contributed by atoms with Crippen molar-refractivity contribution >= 4 is 6.21 Å². The zero-order valence-corrected chi connectivity index (χ0v) is 7.77. The van der Waals surface area contributed by atoms with Crippen LogP contribution >= 0.6 is 0 Å². The SMILES string of the molecule is N=C/C(=C\NCc1ccccn1)CO. The molecule has 3 N–H and O–H groups in total. The second-order valence-electron chi connectivity index (χ2n) is 2.72. The van der Waals surface area contributed by atoms with Crippen LogP contribution in [0.4, 0.5) is 0 Å². The van der Waals surface area contributed by atoms with E-state index in [1.165, 1.54) is 0 Å². The zero-order chi connectivity index (χ0) is 10.2. The van der Waals surface area contributed by atoms with Crippen molar-refractivity contribution in [3.05, 3.63) is 41.9 Å². The molecule has 14 heavy (non-hydrogen) atoms. The van der Waals surface area contributed by atoms with Gasteiger partial charge in [0.15, 0.2) is 0 Å². The van der Waals surface area contributed by atoms with Crippen molar-refractivity contribution in [2.75, 3.05) is 6.61 Å². The molecule has 0 amide bonds. The van der Waals surface area contributed by atoms with Gasteiger partial charge in [0, 0.05) is 24.2 Å². The van der Waals surface area contributed by atoms with Crippen molar-refractivity contribution in [1.82, 2.24) is 10.3 Å². The lowest BCUT2D eigenvalue weighted by Crippen LogP contribution is -2.08. The Bertz CT molecular complexity index is 308. The van der Waals surface area contributed by atoms with Crippen LogP contribution in [0.3, 0.4) is 0 Å². The van der Waals surface area contributed by atoms with Crippen molar-refractivity contribution in [3.8, 4) is 0 Å². The molecule has 0 spiro atoms. The Morgan fingerprint density at radius 2 is 2.43 bits per heavy atom. The number of nitrogens with zero attached hydrogens (tertiary/aromatic N) is 1. The second kappa shape index (κ2) is 5.88. The summed E-state index contributed by atoms with van der Waals surface area (Å²) < 4.78 is 0. The van der Waals surface area contributed by atoms with Crippen molar-refractivity contribution in [3.63, 3.8) is 0 Å². The fraction of sp³-hybridized carbons (Fsp3) is 0.200. The molecule has 0 radical (unpaired) electrons. The molecule has 74 valence electrons. The molecule has 0 unspecified atom stereocenters. The quantitative estimate of drug-likeness (QED) is 0.600. The van der Waals surface area contributed by atoms with Crippen LogP contribution in [0.1, 0.15) is 5.69 Å². The minimum atomic E-state index is -0.126. The molecular weight excluding hydrogens is 178 g/mol. The Balaban J connectivity index is 2.42. The van der Waals surface area contributed by atoms with Gasteiger partial charge in [-0.3, -0.25) is 4.98 Å². The second-order valence-corrected chi connectivity index (χ2v) is 2.72. The fourth-order valence-electron chi connectivity index (χ4n) is 0.922. The molecular formula is C10H13N3O. The maximum Gasteiger partial charge on any atom is 0.0710 e. The van der Waals surface area contributed by atoms with E-state index in [4.69, 9.17) is 10.5 Å². The van der Waals surface area contributed by atoms with Crippen LogP contribution in [0.15, 0.2) is 36.2 Å². The summed E-state index contributed by atoms with van der Waals surface area (Å²) in [6, 6.07) is 5.68. The molecule has 0 aromatic carbocycles. The highest BCUT2D eigenvalue weighted by Gasteiger charge is 1.91. The number of aromatic nitrogens is 1. The minimum Gasteiger partial charge on any atom is -0.392 e. The van der Waals surface area contributed by atoms with E-state index in [1.54, 1.807) is 12.4 Å². The van der Waals surface area contributed by atoms with Gasteiger partial charge >= 0.3 is 0 Å². The third-order valence-electron chi connectivity index (χ3n) is 1.66. The van der Waals surface area contributed by atoms with Gasteiger partial charge in [0.1, 0.15) is 0 Å². The summed E-state index contributed by atoms with van der Waals surface area (Å²) in [7, 11) is 0. The highest BCUT2D eigenvalue weighted by atomic mass is 16.3. The average Bonchev–Trinajstić information content (AvgIpc) is 2.26. The van der Waals surface area contributed by atoms with Gasteiger partial charge in [0.25, 0.3) is 0 Å². The first-order valence-electron chi connectivity index (χ1n) is 4.30. The van der Waals surface area contributed by atoms with Crippen LogP contribution in [0, 0.1) is 5.41 Å². The normalized spacial score (nSPS) is 11.1. The first-order valence-corrected chi connectivity index (χ1v) is 4.30.